The molecule has 0 bridgehead atoms. The van der Waals surface area contributed by atoms with Crippen LogP contribution in [0.1, 0.15) is 10.4 Å². The molecule has 0 saturated carbocycles. The van der Waals surface area contributed by atoms with E-state index in [2.05, 4.69) is 10.2 Å². The van der Waals surface area contributed by atoms with Gasteiger partial charge in [0.1, 0.15) is 17.3 Å². The number of aromatic nitrogens is 5. The zero-order valence-corrected chi connectivity index (χ0v) is 19.6. The topological polar surface area (TPSA) is 97.9 Å². The van der Waals surface area contributed by atoms with Crippen LogP contribution in [0, 0.1) is 11.6 Å². The largest absolute Gasteiger partial charge is 0.304 e. The molecule has 0 aliphatic heterocycles. The number of amides is 1. The minimum atomic E-state index is -1.02. The Labute approximate surface area is 205 Å². The minimum Gasteiger partial charge on any atom is -0.304 e. The van der Waals surface area contributed by atoms with Gasteiger partial charge in [-0.25, -0.2) is 18.9 Å². The van der Waals surface area contributed by atoms with Crippen LogP contribution in [0.2, 0.25) is 0 Å². The molecule has 2 aromatic carbocycles. The Morgan fingerprint density at radius 2 is 1.80 bits per heavy atom. The van der Waals surface area contributed by atoms with Gasteiger partial charge in [0.25, 0.3) is 5.91 Å². The van der Waals surface area contributed by atoms with Gasteiger partial charge in [-0.05, 0) is 53.5 Å². The number of benzene rings is 2. The number of hydrogen-bond donors (Lipinski definition) is 2. The number of rotatable bonds is 6. The van der Waals surface area contributed by atoms with E-state index in [1.807, 2.05) is 58.6 Å². The van der Waals surface area contributed by atoms with Gasteiger partial charge in [0, 0.05) is 12.6 Å². The Kier molecular flexibility index (Phi) is 6.16. The van der Waals surface area contributed by atoms with Crippen molar-refractivity contribution >= 4 is 29.0 Å². The molecule has 1 amide bonds. The quantitative estimate of drug-likeness (QED) is 0.248. The van der Waals surface area contributed by atoms with Crippen LogP contribution in [0.5, 0.6) is 0 Å². The summed E-state index contributed by atoms with van der Waals surface area (Å²) in [6, 6.07) is 17.2. The van der Waals surface area contributed by atoms with E-state index >= 15 is 0 Å². The average molecular weight is 511 g/mol. The monoisotopic (exact) mass is 510 g/mol. The molecule has 0 aliphatic rings. The van der Waals surface area contributed by atoms with E-state index in [1.165, 1.54) is 5.48 Å². The molecule has 8 nitrogen and oxygen atoms in total. The van der Waals surface area contributed by atoms with Crippen molar-refractivity contribution in [2.45, 2.75) is 10.1 Å². The summed E-state index contributed by atoms with van der Waals surface area (Å²) in [4.78, 5) is 12.1. The number of para-hydroxylation sites is 1. The van der Waals surface area contributed by atoms with Gasteiger partial charge in [0.2, 0.25) is 0 Å². The molecule has 5 rings (SSSR count). The van der Waals surface area contributed by atoms with Gasteiger partial charge in [-0.3, -0.25) is 10.0 Å². The van der Waals surface area contributed by atoms with Gasteiger partial charge in [0.15, 0.2) is 11.0 Å². The van der Waals surface area contributed by atoms with Gasteiger partial charge < -0.3 is 4.57 Å². The second kappa shape index (κ2) is 9.41. The Morgan fingerprint density at radius 1 is 1.06 bits per heavy atom. The van der Waals surface area contributed by atoms with Gasteiger partial charge in [-0.15, -0.1) is 21.5 Å². The molecule has 2 N–H and O–H groups in total. The highest BCUT2D eigenvalue weighted by Crippen LogP contribution is 2.35. The van der Waals surface area contributed by atoms with Crippen LogP contribution in [-0.2, 0) is 7.05 Å². The molecule has 0 spiro atoms. The molecule has 3 aromatic heterocycles. The molecule has 0 unspecified atom stereocenters. The summed E-state index contributed by atoms with van der Waals surface area (Å²) in [5, 5.41) is 23.9. The first kappa shape index (κ1) is 22.9. The normalized spacial score (nSPS) is 11.1. The van der Waals surface area contributed by atoms with E-state index in [9.17, 15) is 13.6 Å². The third kappa shape index (κ3) is 4.34. The van der Waals surface area contributed by atoms with Crippen molar-refractivity contribution < 1.29 is 18.8 Å². The summed E-state index contributed by atoms with van der Waals surface area (Å²) in [6.07, 6.45) is 0. The van der Waals surface area contributed by atoms with Crippen LogP contribution in [0.4, 0.5) is 8.78 Å². The van der Waals surface area contributed by atoms with Crippen LogP contribution < -0.4 is 5.48 Å². The van der Waals surface area contributed by atoms with Crippen LogP contribution in [0.25, 0.3) is 27.8 Å². The predicted octanol–water partition coefficient (Wildman–Crippen LogP) is 4.94. The second-order valence-electron chi connectivity index (χ2n) is 7.32. The fraction of sp³-hybridized carbons (Fsp3) is 0.0435. The molecule has 3 heterocycles. The van der Waals surface area contributed by atoms with Gasteiger partial charge >= 0.3 is 0 Å². The highest BCUT2D eigenvalue weighted by Gasteiger charge is 2.22. The number of halogens is 2. The number of hydroxylamine groups is 1. The van der Waals surface area contributed by atoms with E-state index in [0.717, 1.165) is 40.2 Å². The van der Waals surface area contributed by atoms with Crippen molar-refractivity contribution in [3.63, 3.8) is 0 Å². The molecule has 5 aromatic rings. The SMILES string of the molecule is Cn1c(Sc2c(F)cc(C(=O)NO)cc2F)nnc1-c1cc(-c2cccs2)n(-c2ccccc2)n1. The van der Waals surface area contributed by atoms with E-state index in [-0.39, 0.29) is 15.6 Å². The first-order chi connectivity index (χ1) is 17.0. The van der Waals surface area contributed by atoms with E-state index in [4.69, 9.17) is 10.3 Å². The molecular weight excluding hydrogens is 494 g/mol. The van der Waals surface area contributed by atoms with Crippen molar-refractivity contribution in [2.24, 2.45) is 7.05 Å². The van der Waals surface area contributed by atoms with E-state index < -0.39 is 17.5 Å². The zero-order valence-electron chi connectivity index (χ0n) is 18.0. The smallest absolute Gasteiger partial charge is 0.274 e. The fourth-order valence-electron chi connectivity index (χ4n) is 3.43. The third-order valence-electron chi connectivity index (χ3n) is 5.10. The van der Waals surface area contributed by atoms with Crippen molar-refractivity contribution in [3.8, 4) is 27.8 Å². The highest BCUT2D eigenvalue weighted by atomic mass is 32.2. The van der Waals surface area contributed by atoms with Crippen molar-refractivity contribution in [1.82, 2.24) is 30.0 Å². The van der Waals surface area contributed by atoms with Gasteiger partial charge in [-0.1, -0.05) is 24.3 Å². The number of hydrogen-bond acceptors (Lipinski definition) is 7. The summed E-state index contributed by atoms with van der Waals surface area (Å²) in [5.41, 5.74) is 3.28. The summed E-state index contributed by atoms with van der Waals surface area (Å²) in [5.74, 6) is -2.54. The maximum atomic E-state index is 14.6. The van der Waals surface area contributed by atoms with Crippen molar-refractivity contribution in [1.29, 1.82) is 0 Å². The summed E-state index contributed by atoms with van der Waals surface area (Å²) < 4.78 is 32.5. The first-order valence-electron chi connectivity index (χ1n) is 10.2. The standard InChI is InChI=1S/C23H16F2N6O2S2/c1-30-21(26-27-23(30)35-20-15(24)10-13(11-16(20)25)22(32)29-33)17-12-18(19-8-5-9-34-19)31(28-17)14-6-3-2-4-7-14/h2-12,33H,1H3,(H,29,32). The van der Waals surface area contributed by atoms with Crippen molar-refractivity contribution in [2.75, 3.05) is 0 Å². The summed E-state index contributed by atoms with van der Waals surface area (Å²) in [6.45, 7) is 0. The number of carbonyl (C=O) groups is 1. The maximum Gasteiger partial charge on any atom is 0.274 e. The number of thiophene rings is 1. The van der Waals surface area contributed by atoms with Crippen LogP contribution >= 0.6 is 23.1 Å². The molecule has 0 fully saturated rings. The molecule has 0 aliphatic carbocycles. The Bertz CT molecular complexity index is 1490. The zero-order chi connectivity index (χ0) is 24.5. The van der Waals surface area contributed by atoms with Crippen molar-refractivity contribution in [3.05, 3.63) is 83.2 Å². The lowest BCUT2D eigenvalue weighted by Crippen LogP contribution is -2.19. The van der Waals surface area contributed by atoms with Crippen LogP contribution in [0.15, 0.2) is 76.1 Å². The second-order valence-corrected chi connectivity index (χ2v) is 9.24. The lowest BCUT2D eigenvalue weighted by atomic mass is 10.2. The molecule has 12 heteroatoms. The van der Waals surface area contributed by atoms with Gasteiger partial charge in [0.05, 0.1) is 21.2 Å². The third-order valence-corrected chi connectivity index (χ3v) is 7.13. The molecule has 176 valence electrons. The lowest BCUT2D eigenvalue weighted by molar-refractivity contribution is 0.0705. The molecule has 0 radical (unpaired) electrons. The maximum absolute atomic E-state index is 14.6. The number of nitrogens with zero attached hydrogens (tertiary/aromatic N) is 5. The molecule has 35 heavy (non-hydrogen) atoms. The summed E-state index contributed by atoms with van der Waals surface area (Å²) in [7, 11) is 1.67. The Balaban J connectivity index is 1.52. The first-order valence-corrected chi connectivity index (χ1v) is 11.9. The van der Waals surface area contributed by atoms with E-state index in [0.29, 0.717) is 11.5 Å². The van der Waals surface area contributed by atoms with Crippen LogP contribution in [0.3, 0.4) is 0 Å². The molecule has 0 atom stereocenters. The van der Waals surface area contributed by atoms with Crippen LogP contribution in [-0.4, -0.2) is 35.7 Å². The predicted molar refractivity (Wildman–Crippen MR) is 127 cm³/mol. The number of carbonyl (C=O) groups excluding carboxylic acids is 1. The Morgan fingerprint density at radius 3 is 2.46 bits per heavy atom. The van der Waals surface area contributed by atoms with Gasteiger partial charge in [-0.2, -0.15) is 5.10 Å². The minimum absolute atomic E-state index is 0.226. The average Bonchev–Trinajstić information content (AvgIpc) is 3.61. The Hall–Kier alpha value is -3.87. The van der Waals surface area contributed by atoms with E-state index in [1.54, 1.807) is 23.0 Å². The number of nitrogens with one attached hydrogen (secondary N) is 1. The molecule has 0 saturated heterocycles. The summed E-state index contributed by atoms with van der Waals surface area (Å²) >= 11 is 2.31. The molecular formula is C23H16F2N6O2S2. The lowest BCUT2D eigenvalue weighted by Gasteiger charge is -2.07. The highest BCUT2D eigenvalue weighted by molar-refractivity contribution is 7.99. The fourth-order valence-corrected chi connectivity index (χ4v) is 4.95.